The van der Waals surface area contributed by atoms with Crippen LogP contribution in [0.2, 0.25) is 0 Å². The molecule has 0 fully saturated rings. The van der Waals surface area contributed by atoms with Crippen molar-refractivity contribution in [2.24, 2.45) is 5.92 Å². The highest BCUT2D eigenvalue weighted by atomic mass is 16.3. The fourth-order valence-corrected chi connectivity index (χ4v) is 2.34. The Morgan fingerprint density at radius 1 is 1.33 bits per heavy atom. The first-order valence-electron chi connectivity index (χ1n) is 6.69. The molecule has 1 N–H and O–H groups in total. The summed E-state index contributed by atoms with van der Waals surface area (Å²) in [5.41, 5.74) is 2.17. The van der Waals surface area contributed by atoms with Gasteiger partial charge in [0.05, 0.1) is 12.6 Å². The van der Waals surface area contributed by atoms with Gasteiger partial charge in [0.2, 0.25) is 5.91 Å². The molecular formula is C15H21NO2. The molecule has 18 heavy (non-hydrogen) atoms. The van der Waals surface area contributed by atoms with Crippen molar-refractivity contribution in [3.63, 3.8) is 0 Å². The van der Waals surface area contributed by atoms with Gasteiger partial charge in [-0.15, -0.1) is 0 Å². The smallest absolute Gasteiger partial charge is 0.227 e. The Morgan fingerprint density at radius 3 is 2.78 bits per heavy atom. The van der Waals surface area contributed by atoms with Crippen molar-refractivity contribution >= 4 is 11.6 Å². The number of benzene rings is 1. The lowest BCUT2D eigenvalue weighted by atomic mass is 9.97. The minimum absolute atomic E-state index is 0.121. The first-order chi connectivity index (χ1) is 8.63. The molecule has 0 saturated carbocycles. The predicted octanol–water partition coefficient (Wildman–Crippen LogP) is 2.37. The molecule has 1 heterocycles. The molecule has 1 aliphatic heterocycles. The number of carbonyl (C=O) groups excluding carboxylic acids is 1. The van der Waals surface area contributed by atoms with Gasteiger partial charge in [0.15, 0.2) is 0 Å². The Morgan fingerprint density at radius 2 is 2.06 bits per heavy atom. The van der Waals surface area contributed by atoms with E-state index >= 15 is 0 Å². The number of hydrogen-bond donors (Lipinski definition) is 1. The van der Waals surface area contributed by atoms with E-state index in [-0.39, 0.29) is 11.8 Å². The number of nitrogens with zero attached hydrogens (tertiary/aromatic N) is 1. The van der Waals surface area contributed by atoms with Crippen LogP contribution in [-0.2, 0) is 11.2 Å². The maximum atomic E-state index is 12.0. The second kappa shape index (κ2) is 5.53. The molecule has 3 nitrogen and oxygen atoms in total. The van der Waals surface area contributed by atoms with Crippen molar-refractivity contribution in [2.45, 2.75) is 39.2 Å². The molecule has 2 unspecified atom stereocenters. The van der Waals surface area contributed by atoms with E-state index in [0.717, 1.165) is 18.5 Å². The zero-order valence-electron chi connectivity index (χ0n) is 11.1. The predicted molar refractivity (Wildman–Crippen MR) is 72.6 cm³/mol. The number of aliphatic hydroxyl groups excluding tert-OH is 1. The SMILES string of the molecule is CCC(C)C(O)CN1C(=O)CCc2ccccc21. The molecular weight excluding hydrogens is 226 g/mol. The average molecular weight is 247 g/mol. The average Bonchev–Trinajstić information content (AvgIpc) is 2.41. The minimum atomic E-state index is -0.454. The summed E-state index contributed by atoms with van der Waals surface area (Å²) in [6.45, 7) is 4.48. The number of fused-ring (bicyclic) bond motifs is 1. The van der Waals surface area contributed by atoms with Crippen LogP contribution < -0.4 is 4.90 Å². The summed E-state index contributed by atoms with van der Waals surface area (Å²) in [5.74, 6) is 0.336. The standard InChI is InChI=1S/C15H21NO2/c1-3-11(2)14(17)10-16-13-7-5-4-6-12(13)8-9-15(16)18/h4-7,11,14,17H,3,8-10H2,1-2H3. The van der Waals surface area contributed by atoms with Gasteiger partial charge >= 0.3 is 0 Å². The summed E-state index contributed by atoms with van der Waals surface area (Å²) in [6, 6.07) is 7.97. The van der Waals surface area contributed by atoms with E-state index in [0.29, 0.717) is 13.0 Å². The van der Waals surface area contributed by atoms with E-state index in [1.807, 2.05) is 25.1 Å². The number of carbonyl (C=O) groups is 1. The van der Waals surface area contributed by atoms with E-state index in [9.17, 15) is 9.90 Å². The molecule has 1 amide bonds. The first kappa shape index (κ1) is 13.1. The number of para-hydroxylation sites is 1. The van der Waals surface area contributed by atoms with Crippen molar-refractivity contribution in [3.8, 4) is 0 Å². The lowest BCUT2D eigenvalue weighted by Gasteiger charge is -2.32. The summed E-state index contributed by atoms with van der Waals surface area (Å²) >= 11 is 0. The molecule has 0 saturated heterocycles. The Balaban J connectivity index is 2.19. The van der Waals surface area contributed by atoms with Crippen LogP contribution in [0.25, 0.3) is 0 Å². The summed E-state index contributed by atoms with van der Waals surface area (Å²) in [6.07, 6.45) is 1.82. The molecule has 0 radical (unpaired) electrons. The summed E-state index contributed by atoms with van der Waals surface area (Å²) in [7, 11) is 0. The van der Waals surface area contributed by atoms with Crippen molar-refractivity contribution in [1.29, 1.82) is 0 Å². The van der Waals surface area contributed by atoms with Crippen LogP contribution in [-0.4, -0.2) is 23.7 Å². The number of aliphatic hydroxyl groups is 1. The molecule has 0 aliphatic carbocycles. The second-order valence-corrected chi connectivity index (χ2v) is 5.09. The molecule has 1 aromatic carbocycles. The van der Waals surface area contributed by atoms with Crippen LogP contribution in [0, 0.1) is 5.92 Å². The number of rotatable bonds is 4. The monoisotopic (exact) mass is 247 g/mol. The van der Waals surface area contributed by atoms with Crippen LogP contribution in [0.1, 0.15) is 32.3 Å². The van der Waals surface area contributed by atoms with E-state index < -0.39 is 6.10 Å². The van der Waals surface area contributed by atoms with Gasteiger partial charge in [0, 0.05) is 12.1 Å². The summed E-state index contributed by atoms with van der Waals surface area (Å²) in [5, 5.41) is 10.1. The third-order valence-corrected chi connectivity index (χ3v) is 3.86. The molecule has 1 aliphatic rings. The Hall–Kier alpha value is -1.35. The normalized spacial score (nSPS) is 18.4. The van der Waals surface area contributed by atoms with Crippen LogP contribution in [0.4, 0.5) is 5.69 Å². The van der Waals surface area contributed by atoms with Gasteiger partial charge in [-0.25, -0.2) is 0 Å². The number of anilines is 1. The molecule has 0 aromatic heterocycles. The molecule has 2 atom stereocenters. The largest absolute Gasteiger partial charge is 0.391 e. The van der Waals surface area contributed by atoms with Gasteiger partial charge in [0.1, 0.15) is 0 Å². The summed E-state index contributed by atoms with van der Waals surface area (Å²) in [4.78, 5) is 13.8. The van der Waals surface area contributed by atoms with Crippen molar-refractivity contribution in [3.05, 3.63) is 29.8 Å². The third kappa shape index (κ3) is 2.56. The lowest BCUT2D eigenvalue weighted by Crippen LogP contribution is -2.42. The van der Waals surface area contributed by atoms with Gasteiger partial charge in [-0.1, -0.05) is 38.5 Å². The van der Waals surface area contributed by atoms with Crippen molar-refractivity contribution in [1.82, 2.24) is 0 Å². The fourth-order valence-electron chi connectivity index (χ4n) is 2.34. The van der Waals surface area contributed by atoms with Crippen LogP contribution in [0.15, 0.2) is 24.3 Å². The highest BCUT2D eigenvalue weighted by Gasteiger charge is 2.26. The van der Waals surface area contributed by atoms with Crippen LogP contribution in [0.5, 0.6) is 0 Å². The lowest BCUT2D eigenvalue weighted by molar-refractivity contribution is -0.119. The Labute approximate surface area is 108 Å². The van der Waals surface area contributed by atoms with E-state index in [4.69, 9.17) is 0 Å². The zero-order chi connectivity index (χ0) is 13.1. The fraction of sp³-hybridized carbons (Fsp3) is 0.533. The topological polar surface area (TPSA) is 40.5 Å². The van der Waals surface area contributed by atoms with E-state index in [1.54, 1.807) is 4.90 Å². The van der Waals surface area contributed by atoms with E-state index in [1.165, 1.54) is 5.56 Å². The number of amides is 1. The molecule has 0 spiro atoms. The number of aryl methyl sites for hydroxylation is 1. The van der Waals surface area contributed by atoms with Crippen molar-refractivity contribution in [2.75, 3.05) is 11.4 Å². The molecule has 1 aromatic rings. The van der Waals surface area contributed by atoms with Crippen LogP contribution >= 0.6 is 0 Å². The van der Waals surface area contributed by atoms with Gasteiger partial charge in [-0.3, -0.25) is 4.79 Å². The Bertz CT molecular complexity index is 430. The zero-order valence-corrected chi connectivity index (χ0v) is 11.1. The van der Waals surface area contributed by atoms with Gasteiger partial charge < -0.3 is 10.0 Å². The van der Waals surface area contributed by atoms with Gasteiger partial charge in [0.25, 0.3) is 0 Å². The molecule has 98 valence electrons. The number of hydrogen-bond acceptors (Lipinski definition) is 2. The van der Waals surface area contributed by atoms with E-state index in [2.05, 4.69) is 13.0 Å². The minimum Gasteiger partial charge on any atom is -0.391 e. The Kier molecular flexibility index (Phi) is 4.02. The number of β-amino-alcohol motifs (C(OH)–C–C–N with tert-alkyl or cyclic N) is 1. The second-order valence-electron chi connectivity index (χ2n) is 5.09. The van der Waals surface area contributed by atoms with Crippen molar-refractivity contribution < 1.29 is 9.90 Å². The van der Waals surface area contributed by atoms with Crippen LogP contribution in [0.3, 0.4) is 0 Å². The maximum absolute atomic E-state index is 12.0. The highest BCUT2D eigenvalue weighted by Crippen LogP contribution is 2.28. The maximum Gasteiger partial charge on any atom is 0.227 e. The third-order valence-electron chi connectivity index (χ3n) is 3.86. The highest BCUT2D eigenvalue weighted by molar-refractivity contribution is 5.96. The molecule has 0 bridgehead atoms. The quantitative estimate of drug-likeness (QED) is 0.887. The van der Waals surface area contributed by atoms with Gasteiger partial charge in [-0.2, -0.15) is 0 Å². The summed E-state index contributed by atoms with van der Waals surface area (Å²) < 4.78 is 0. The molecule has 3 heteroatoms. The van der Waals surface area contributed by atoms with Gasteiger partial charge in [-0.05, 0) is 24.0 Å². The first-order valence-corrected chi connectivity index (χ1v) is 6.69. The molecule has 2 rings (SSSR count).